The lowest BCUT2D eigenvalue weighted by molar-refractivity contribution is 0.0942. The van der Waals surface area contributed by atoms with Crippen LogP contribution in [0.3, 0.4) is 0 Å². The van der Waals surface area contributed by atoms with Crippen LogP contribution in [-0.2, 0) is 6.54 Å². The SMILES string of the molecule is O=C(N[C@@H]1CCN(Cc2ccccc2)C1)c1sccc1-c1ccccc1. The minimum Gasteiger partial charge on any atom is -0.347 e. The molecular weight excluding hydrogens is 340 g/mol. The molecule has 0 bridgehead atoms. The molecule has 0 unspecified atom stereocenters. The zero-order valence-corrected chi connectivity index (χ0v) is 15.4. The summed E-state index contributed by atoms with van der Waals surface area (Å²) in [4.78, 5) is 16.0. The molecule has 0 spiro atoms. The second-order valence-electron chi connectivity index (χ2n) is 6.71. The van der Waals surface area contributed by atoms with Gasteiger partial charge < -0.3 is 5.32 Å². The summed E-state index contributed by atoms with van der Waals surface area (Å²) in [7, 11) is 0. The summed E-state index contributed by atoms with van der Waals surface area (Å²) in [5.41, 5.74) is 3.44. The molecule has 0 saturated carbocycles. The molecule has 1 atom stereocenters. The van der Waals surface area contributed by atoms with Gasteiger partial charge in [-0.3, -0.25) is 9.69 Å². The first-order valence-electron chi connectivity index (χ1n) is 8.99. The molecule has 0 radical (unpaired) electrons. The second kappa shape index (κ2) is 7.85. The van der Waals surface area contributed by atoms with E-state index in [1.54, 1.807) is 0 Å². The molecule has 1 fully saturated rings. The molecule has 3 nitrogen and oxygen atoms in total. The van der Waals surface area contributed by atoms with Gasteiger partial charge in [-0.15, -0.1) is 11.3 Å². The van der Waals surface area contributed by atoms with Crippen LogP contribution in [0.4, 0.5) is 0 Å². The molecule has 2 heterocycles. The van der Waals surface area contributed by atoms with Gasteiger partial charge in [-0.05, 0) is 29.0 Å². The first-order valence-corrected chi connectivity index (χ1v) is 9.87. The average molecular weight is 362 g/mol. The summed E-state index contributed by atoms with van der Waals surface area (Å²) < 4.78 is 0. The third-order valence-corrected chi connectivity index (χ3v) is 5.73. The number of likely N-dealkylation sites (tertiary alicyclic amines) is 1. The highest BCUT2D eigenvalue weighted by molar-refractivity contribution is 7.12. The Morgan fingerprint density at radius 1 is 1.04 bits per heavy atom. The van der Waals surface area contributed by atoms with Gasteiger partial charge in [0.1, 0.15) is 0 Å². The average Bonchev–Trinajstić information content (AvgIpc) is 3.33. The predicted molar refractivity (Wildman–Crippen MR) is 107 cm³/mol. The maximum atomic E-state index is 12.8. The minimum absolute atomic E-state index is 0.0467. The van der Waals surface area contributed by atoms with Gasteiger partial charge in [-0.1, -0.05) is 60.7 Å². The van der Waals surface area contributed by atoms with Crippen LogP contribution in [0.5, 0.6) is 0 Å². The number of carbonyl (C=O) groups excluding carboxylic acids is 1. The Bertz CT molecular complexity index is 860. The zero-order valence-electron chi connectivity index (χ0n) is 14.6. The smallest absolute Gasteiger partial charge is 0.262 e. The highest BCUT2D eigenvalue weighted by atomic mass is 32.1. The van der Waals surface area contributed by atoms with E-state index in [4.69, 9.17) is 0 Å². The molecule has 1 aliphatic heterocycles. The van der Waals surface area contributed by atoms with Crippen molar-refractivity contribution in [3.8, 4) is 11.1 Å². The molecule has 1 N–H and O–H groups in total. The van der Waals surface area contributed by atoms with Gasteiger partial charge in [0.2, 0.25) is 0 Å². The number of nitrogens with one attached hydrogen (secondary N) is 1. The van der Waals surface area contributed by atoms with Gasteiger partial charge >= 0.3 is 0 Å². The van der Waals surface area contributed by atoms with Crippen molar-refractivity contribution in [2.24, 2.45) is 0 Å². The lowest BCUT2D eigenvalue weighted by Gasteiger charge is -2.17. The van der Waals surface area contributed by atoms with Crippen molar-refractivity contribution in [2.45, 2.75) is 19.0 Å². The number of carbonyl (C=O) groups is 1. The van der Waals surface area contributed by atoms with Gasteiger partial charge in [0, 0.05) is 31.2 Å². The number of hydrogen-bond acceptors (Lipinski definition) is 3. The quantitative estimate of drug-likeness (QED) is 0.729. The highest BCUT2D eigenvalue weighted by Gasteiger charge is 2.25. The Morgan fingerprint density at radius 2 is 1.77 bits per heavy atom. The van der Waals surface area contributed by atoms with E-state index < -0.39 is 0 Å². The molecule has 4 heteroatoms. The van der Waals surface area contributed by atoms with Crippen LogP contribution in [0.25, 0.3) is 11.1 Å². The normalized spacial score (nSPS) is 17.3. The number of rotatable bonds is 5. The first-order chi connectivity index (χ1) is 12.8. The summed E-state index contributed by atoms with van der Waals surface area (Å²) in [6.07, 6.45) is 1.00. The van der Waals surface area contributed by atoms with Crippen molar-refractivity contribution in [1.29, 1.82) is 0 Å². The Hall–Kier alpha value is -2.43. The van der Waals surface area contributed by atoms with Crippen molar-refractivity contribution in [3.63, 3.8) is 0 Å². The minimum atomic E-state index is 0.0467. The van der Waals surface area contributed by atoms with E-state index in [0.717, 1.165) is 42.1 Å². The monoisotopic (exact) mass is 362 g/mol. The van der Waals surface area contributed by atoms with Gasteiger partial charge in [-0.25, -0.2) is 0 Å². The number of thiophene rings is 1. The first kappa shape index (κ1) is 17.0. The number of nitrogens with zero attached hydrogens (tertiary/aromatic N) is 1. The third-order valence-electron chi connectivity index (χ3n) is 4.81. The molecule has 3 aromatic rings. The van der Waals surface area contributed by atoms with Crippen molar-refractivity contribution in [1.82, 2.24) is 10.2 Å². The maximum absolute atomic E-state index is 12.8. The summed E-state index contributed by atoms with van der Waals surface area (Å²) in [6, 6.07) is 22.9. The number of benzene rings is 2. The fourth-order valence-corrected chi connectivity index (χ4v) is 4.34. The Morgan fingerprint density at radius 3 is 2.54 bits per heavy atom. The fraction of sp³-hybridized carbons (Fsp3) is 0.227. The zero-order chi connectivity index (χ0) is 17.8. The van der Waals surface area contributed by atoms with Crippen molar-refractivity contribution in [2.75, 3.05) is 13.1 Å². The Kier molecular flexibility index (Phi) is 5.14. The van der Waals surface area contributed by atoms with E-state index in [0.29, 0.717) is 0 Å². The molecule has 132 valence electrons. The molecule has 4 rings (SSSR count). The van der Waals surface area contributed by atoms with Crippen LogP contribution >= 0.6 is 11.3 Å². The van der Waals surface area contributed by atoms with E-state index in [2.05, 4.69) is 46.6 Å². The van der Waals surface area contributed by atoms with Gasteiger partial charge in [-0.2, -0.15) is 0 Å². The molecule has 1 amide bonds. The summed E-state index contributed by atoms with van der Waals surface area (Å²) in [5.74, 6) is 0.0467. The van der Waals surface area contributed by atoms with E-state index in [1.807, 2.05) is 35.7 Å². The topological polar surface area (TPSA) is 32.3 Å². The standard InChI is InChI=1S/C22H22N2OS/c25-22(21-20(12-14-26-21)18-9-5-2-6-10-18)23-19-11-13-24(16-19)15-17-7-3-1-4-8-17/h1-10,12,14,19H,11,13,15-16H2,(H,23,25)/t19-/m1/s1. The predicted octanol–water partition coefficient (Wildman–Crippen LogP) is 4.42. The summed E-state index contributed by atoms with van der Waals surface area (Å²) in [6.45, 7) is 2.88. The number of hydrogen-bond donors (Lipinski definition) is 1. The van der Waals surface area contributed by atoms with Crippen molar-refractivity contribution >= 4 is 17.2 Å². The molecule has 2 aromatic carbocycles. The van der Waals surface area contributed by atoms with Gasteiger partial charge in [0.15, 0.2) is 0 Å². The van der Waals surface area contributed by atoms with Crippen molar-refractivity contribution in [3.05, 3.63) is 82.6 Å². The van der Waals surface area contributed by atoms with Crippen LogP contribution in [0.1, 0.15) is 21.7 Å². The van der Waals surface area contributed by atoms with E-state index in [1.165, 1.54) is 16.9 Å². The molecule has 1 saturated heterocycles. The maximum Gasteiger partial charge on any atom is 0.262 e. The molecule has 1 aromatic heterocycles. The lowest BCUT2D eigenvalue weighted by Crippen LogP contribution is -2.36. The van der Waals surface area contributed by atoms with Crippen LogP contribution in [0, 0.1) is 0 Å². The molecule has 0 aliphatic carbocycles. The molecule has 26 heavy (non-hydrogen) atoms. The van der Waals surface area contributed by atoms with Crippen LogP contribution in [-0.4, -0.2) is 29.9 Å². The van der Waals surface area contributed by atoms with E-state index in [9.17, 15) is 4.79 Å². The van der Waals surface area contributed by atoms with E-state index in [-0.39, 0.29) is 11.9 Å². The third kappa shape index (κ3) is 3.87. The lowest BCUT2D eigenvalue weighted by atomic mass is 10.1. The van der Waals surface area contributed by atoms with Gasteiger partial charge in [0.25, 0.3) is 5.91 Å². The van der Waals surface area contributed by atoms with Crippen molar-refractivity contribution < 1.29 is 4.79 Å². The highest BCUT2D eigenvalue weighted by Crippen LogP contribution is 2.28. The molecule has 1 aliphatic rings. The Labute approximate surface area is 158 Å². The Balaban J connectivity index is 1.38. The van der Waals surface area contributed by atoms with Crippen LogP contribution in [0.2, 0.25) is 0 Å². The van der Waals surface area contributed by atoms with Gasteiger partial charge in [0.05, 0.1) is 4.88 Å². The second-order valence-corrected chi connectivity index (χ2v) is 7.63. The summed E-state index contributed by atoms with van der Waals surface area (Å²) in [5, 5.41) is 5.23. The fourth-order valence-electron chi connectivity index (χ4n) is 3.52. The summed E-state index contributed by atoms with van der Waals surface area (Å²) >= 11 is 1.51. The molecular formula is C22H22N2OS. The van der Waals surface area contributed by atoms with Crippen LogP contribution < -0.4 is 5.32 Å². The largest absolute Gasteiger partial charge is 0.347 e. The van der Waals surface area contributed by atoms with Crippen LogP contribution in [0.15, 0.2) is 72.1 Å². The van der Waals surface area contributed by atoms with E-state index >= 15 is 0 Å². The number of amides is 1.